The second-order valence-electron chi connectivity index (χ2n) is 8.92. The maximum absolute atomic E-state index is 14.1. The smallest absolute Gasteiger partial charge is 0.324 e. The molecule has 1 saturated heterocycles. The van der Waals surface area contributed by atoms with Gasteiger partial charge in [0.05, 0.1) is 6.61 Å². The Bertz CT molecular complexity index is 759. The summed E-state index contributed by atoms with van der Waals surface area (Å²) in [5.41, 5.74) is -0.450. The summed E-state index contributed by atoms with van der Waals surface area (Å²) in [6, 6.07) is 4.28. The van der Waals surface area contributed by atoms with E-state index >= 15 is 0 Å². The van der Waals surface area contributed by atoms with Gasteiger partial charge in [-0.2, -0.15) is 0 Å². The first-order chi connectivity index (χ1) is 15.2. The van der Waals surface area contributed by atoms with Crippen molar-refractivity contribution in [2.24, 2.45) is 5.92 Å². The van der Waals surface area contributed by atoms with Crippen molar-refractivity contribution in [3.63, 3.8) is 0 Å². The number of nitrogens with zero attached hydrogens (tertiary/aromatic N) is 1. The Morgan fingerprint density at radius 3 is 2.69 bits per heavy atom. The maximum atomic E-state index is 14.1. The number of aliphatic hydroxyl groups is 1. The number of benzene rings is 1. The highest BCUT2D eigenvalue weighted by atomic mass is 19.1. The van der Waals surface area contributed by atoms with Crippen molar-refractivity contribution in [3.05, 3.63) is 29.6 Å². The van der Waals surface area contributed by atoms with Gasteiger partial charge in [0.15, 0.2) is 11.6 Å². The van der Waals surface area contributed by atoms with E-state index in [1.165, 1.54) is 6.07 Å². The lowest BCUT2D eigenvalue weighted by molar-refractivity contribution is -0.121. The maximum Gasteiger partial charge on any atom is 0.324 e. The van der Waals surface area contributed by atoms with E-state index in [1.807, 2.05) is 20.8 Å². The summed E-state index contributed by atoms with van der Waals surface area (Å²) in [6.45, 7) is 8.62. The predicted molar refractivity (Wildman–Crippen MR) is 122 cm³/mol. The van der Waals surface area contributed by atoms with Crippen molar-refractivity contribution in [3.8, 4) is 5.75 Å². The Kier molecular flexibility index (Phi) is 10.4. The highest BCUT2D eigenvalue weighted by Crippen LogP contribution is 2.29. The summed E-state index contributed by atoms with van der Waals surface area (Å²) in [5.74, 6) is -0.167. The average Bonchev–Trinajstić information content (AvgIpc) is 2.76. The van der Waals surface area contributed by atoms with Gasteiger partial charge < -0.3 is 20.1 Å². The van der Waals surface area contributed by atoms with Gasteiger partial charge in [0.1, 0.15) is 5.60 Å². The number of imide groups is 1. The molecule has 0 spiro atoms. The van der Waals surface area contributed by atoms with Crippen LogP contribution in [0.25, 0.3) is 0 Å². The third-order valence-corrected chi connectivity index (χ3v) is 5.72. The fourth-order valence-corrected chi connectivity index (χ4v) is 3.60. The molecule has 1 aromatic rings. The van der Waals surface area contributed by atoms with E-state index in [-0.39, 0.29) is 23.6 Å². The first-order valence-corrected chi connectivity index (χ1v) is 11.7. The molecule has 1 atom stereocenters. The molecule has 0 bridgehead atoms. The number of carbonyl (C=O) groups is 2. The third-order valence-electron chi connectivity index (χ3n) is 5.72. The SMILES string of the molecule is CCC(O)(CNCCCCCCN1CCC(=O)NC1=O)c1ccc(F)c(OCC(C)C)c1. The summed E-state index contributed by atoms with van der Waals surface area (Å²) < 4.78 is 19.6. The molecule has 180 valence electrons. The molecule has 0 aromatic heterocycles. The number of urea groups is 1. The van der Waals surface area contributed by atoms with Crippen molar-refractivity contribution in [2.45, 2.75) is 64.9 Å². The summed E-state index contributed by atoms with van der Waals surface area (Å²) in [5, 5.41) is 16.8. The van der Waals surface area contributed by atoms with Crippen LogP contribution in [0.3, 0.4) is 0 Å². The average molecular weight is 452 g/mol. The van der Waals surface area contributed by atoms with Gasteiger partial charge >= 0.3 is 6.03 Å². The van der Waals surface area contributed by atoms with Crippen molar-refractivity contribution in [1.82, 2.24) is 15.5 Å². The fraction of sp³-hybridized carbons (Fsp3) is 0.667. The van der Waals surface area contributed by atoms with Crippen molar-refractivity contribution >= 4 is 11.9 Å². The van der Waals surface area contributed by atoms with Gasteiger partial charge in [-0.25, -0.2) is 9.18 Å². The molecule has 8 heteroatoms. The zero-order valence-electron chi connectivity index (χ0n) is 19.6. The first-order valence-electron chi connectivity index (χ1n) is 11.7. The molecule has 1 aliphatic heterocycles. The Balaban J connectivity index is 1.70. The van der Waals surface area contributed by atoms with E-state index in [2.05, 4.69) is 10.6 Å². The summed E-state index contributed by atoms with van der Waals surface area (Å²) >= 11 is 0. The Hall–Kier alpha value is -2.19. The van der Waals surface area contributed by atoms with Crippen LogP contribution in [0.2, 0.25) is 0 Å². The molecule has 1 aliphatic rings. The van der Waals surface area contributed by atoms with Gasteiger partial charge in [-0.05, 0) is 49.4 Å². The number of amides is 3. The van der Waals surface area contributed by atoms with Crippen LogP contribution in [0, 0.1) is 11.7 Å². The molecule has 3 N–H and O–H groups in total. The Labute approximate surface area is 190 Å². The van der Waals surface area contributed by atoms with Gasteiger partial charge in [-0.15, -0.1) is 0 Å². The summed E-state index contributed by atoms with van der Waals surface area (Å²) in [4.78, 5) is 24.5. The topological polar surface area (TPSA) is 90.9 Å². The van der Waals surface area contributed by atoms with Crippen LogP contribution in [0.1, 0.15) is 64.9 Å². The molecule has 1 aromatic carbocycles. The molecule has 7 nitrogen and oxygen atoms in total. The van der Waals surface area contributed by atoms with E-state index in [4.69, 9.17) is 4.74 Å². The molecular weight excluding hydrogens is 413 g/mol. The van der Waals surface area contributed by atoms with Crippen LogP contribution in [0.15, 0.2) is 18.2 Å². The van der Waals surface area contributed by atoms with Crippen LogP contribution >= 0.6 is 0 Å². The number of nitrogens with one attached hydrogen (secondary N) is 2. The molecule has 0 saturated carbocycles. The quantitative estimate of drug-likeness (QED) is 0.376. The second-order valence-corrected chi connectivity index (χ2v) is 8.92. The summed E-state index contributed by atoms with van der Waals surface area (Å²) in [7, 11) is 0. The van der Waals surface area contributed by atoms with Crippen LogP contribution in [0.4, 0.5) is 9.18 Å². The number of ether oxygens (including phenoxy) is 1. The zero-order chi connectivity index (χ0) is 23.6. The van der Waals surface area contributed by atoms with E-state index in [0.717, 1.165) is 32.2 Å². The first kappa shape index (κ1) is 26.1. The van der Waals surface area contributed by atoms with Gasteiger partial charge in [0.25, 0.3) is 0 Å². The number of halogens is 1. The van der Waals surface area contributed by atoms with E-state index in [1.54, 1.807) is 17.0 Å². The molecule has 32 heavy (non-hydrogen) atoms. The second kappa shape index (κ2) is 12.7. The lowest BCUT2D eigenvalue weighted by Crippen LogP contribution is -2.49. The minimum atomic E-state index is -1.09. The van der Waals surface area contributed by atoms with E-state index in [9.17, 15) is 19.1 Å². The predicted octanol–water partition coefficient (Wildman–Crippen LogP) is 3.55. The molecule has 3 amide bonds. The third kappa shape index (κ3) is 8.06. The summed E-state index contributed by atoms with van der Waals surface area (Å²) in [6.07, 6.45) is 4.72. The van der Waals surface area contributed by atoms with Crippen molar-refractivity contribution in [2.75, 3.05) is 32.8 Å². The molecule has 1 fully saturated rings. The van der Waals surface area contributed by atoms with E-state index in [0.29, 0.717) is 44.6 Å². The Morgan fingerprint density at radius 2 is 2.00 bits per heavy atom. The van der Waals surface area contributed by atoms with Crippen LogP contribution in [0.5, 0.6) is 5.75 Å². The van der Waals surface area contributed by atoms with Gasteiger partial charge in [-0.1, -0.05) is 39.7 Å². The van der Waals surface area contributed by atoms with E-state index < -0.39 is 11.4 Å². The van der Waals surface area contributed by atoms with Gasteiger partial charge in [0, 0.05) is 26.1 Å². The van der Waals surface area contributed by atoms with Gasteiger partial charge in [0.2, 0.25) is 5.91 Å². The number of hydrogen-bond acceptors (Lipinski definition) is 5. The molecule has 2 rings (SSSR count). The number of unbranched alkanes of at least 4 members (excludes halogenated alkanes) is 3. The lowest BCUT2D eigenvalue weighted by atomic mass is 9.90. The lowest BCUT2D eigenvalue weighted by Gasteiger charge is -2.28. The van der Waals surface area contributed by atoms with Gasteiger partial charge in [-0.3, -0.25) is 10.1 Å². The molecule has 1 unspecified atom stereocenters. The molecule has 0 aliphatic carbocycles. The standard InChI is InChI=1S/C24H38FN3O4/c1-4-24(31,19-9-10-20(25)21(15-19)32-16-18(2)3)17-26-12-7-5-6-8-13-28-14-11-22(29)27-23(28)30/h9-10,15,18,26,31H,4-8,11-14,16-17H2,1-3H3,(H,27,29,30). The minimum Gasteiger partial charge on any atom is -0.490 e. The van der Waals surface area contributed by atoms with Crippen molar-refractivity contribution in [1.29, 1.82) is 0 Å². The number of hydrogen-bond donors (Lipinski definition) is 3. The number of carbonyl (C=O) groups excluding carboxylic acids is 2. The largest absolute Gasteiger partial charge is 0.490 e. The zero-order valence-corrected chi connectivity index (χ0v) is 19.6. The van der Waals surface area contributed by atoms with Crippen LogP contribution < -0.4 is 15.4 Å². The molecule has 1 heterocycles. The number of rotatable bonds is 14. The van der Waals surface area contributed by atoms with Crippen LogP contribution in [-0.2, 0) is 10.4 Å². The molecular formula is C24H38FN3O4. The molecule has 0 radical (unpaired) electrons. The van der Waals surface area contributed by atoms with Crippen LogP contribution in [-0.4, -0.2) is 54.7 Å². The van der Waals surface area contributed by atoms with Crippen molar-refractivity contribution < 1.29 is 23.8 Å². The Morgan fingerprint density at radius 1 is 1.25 bits per heavy atom. The highest BCUT2D eigenvalue weighted by Gasteiger charge is 2.28. The fourth-order valence-electron chi connectivity index (χ4n) is 3.60. The highest BCUT2D eigenvalue weighted by molar-refractivity contribution is 5.96. The monoisotopic (exact) mass is 451 g/mol. The normalized spacial score (nSPS) is 16.2. The minimum absolute atomic E-state index is 0.176.